The number of carbonyl (C=O) groups is 3. The number of benzene rings is 3. The van der Waals surface area contributed by atoms with E-state index in [0.29, 0.717) is 14.9 Å². The topological polar surface area (TPSA) is 104 Å². The second-order valence-corrected chi connectivity index (χ2v) is 12.6. The molecule has 0 fully saturated rings. The van der Waals surface area contributed by atoms with Crippen LogP contribution in [0.2, 0.25) is 5.02 Å². The van der Waals surface area contributed by atoms with Crippen LogP contribution in [-0.2, 0) is 32.6 Å². The Labute approximate surface area is 233 Å². The van der Waals surface area contributed by atoms with Crippen molar-refractivity contribution in [2.45, 2.75) is 50.2 Å². The molecule has 3 aromatic carbocycles. The predicted octanol–water partition coefficient (Wildman–Crippen LogP) is 4.04. The Bertz CT molecular complexity index is 1500. The third kappa shape index (κ3) is 6.32. The molecule has 3 aromatic rings. The zero-order valence-corrected chi connectivity index (χ0v) is 23.5. The van der Waals surface area contributed by atoms with E-state index in [-0.39, 0.29) is 23.4 Å². The molecule has 1 aliphatic rings. The fourth-order valence-corrected chi connectivity index (χ4v) is 6.13. The average Bonchev–Trinajstić information content (AvgIpc) is 3.07. The van der Waals surface area contributed by atoms with Gasteiger partial charge in [0.25, 0.3) is 15.9 Å². The van der Waals surface area contributed by atoms with Crippen molar-refractivity contribution in [1.82, 2.24) is 14.5 Å². The summed E-state index contributed by atoms with van der Waals surface area (Å²) >= 11 is 6.42. The molecule has 3 amide bonds. The van der Waals surface area contributed by atoms with Crippen LogP contribution in [0.15, 0.2) is 83.8 Å². The van der Waals surface area contributed by atoms with Gasteiger partial charge in [-0.2, -0.15) is 0 Å². The maximum Gasteiger partial charge on any atom is 0.269 e. The summed E-state index contributed by atoms with van der Waals surface area (Å²) in [7, 11) is -4.23. The lowest BCUT2D eigenvalue weighted by Crippen LogP contribution is -2.56. The van der Waals surface area contributed by atoms with Gasteiger partial charge < -0.3 is 10.2 Å². The first-order chi connectivity index (χ1) is 18.4. The van der Waals surface area contributed by atoms with Crippen molar-refractivity contribution >= 4 is 39.3 Å². The van der Waals surface area contributed by atoms with Crippen LogP contribution in [0.3, 0.4) is 0 Å². The average molecular weight is 568 g/mol. The molecule has 0 saturated carbocycles. The molecule has 0 spiro atoms. The van der Waals surface area contributed by atoms with E-state index in [2.05, 4.69) is 5.32 Å². The molecule has 1 atom stereocenters. The van der Waals surface area contributed by atoms with E-state index in [1.54, 1.807) is 30.3 Å². The molecule has 1 N–H and O–H groups in total. The van der Waals surface area contributed by atoms with E-state index in [1.165, 1.54) is 23.1 Å². The van der Waals surface area contributed by atoms with Crippen molar-refractivity contribution in [1.29, 1.82) is 0 Å². The van der Waals surface area contributed by atoms with E-state index < -0.39 is 45.9 Å². The monoisotopic (exact) mass is 567 g/mol. The summed E-state index contributed by atoms with van der Waals surface area (Å²) in [4.78, 5) is 41.8. The van der Waals surface area contributed by atoms with Gasteiger partial charge in [0.05, 0.1) is 5.56 Å². The van der Waals surface area contributed by atoms with E-state index >= 15 is 0 Å². The standard InChI is InChI=1S/C29H30ClN3O5S/c1-29(2,3)31-27(35)24(17-20-11-5-4-6-12-20)32(18-21-13-7-9-15-23(21)30)26(34)19-33-28(36)22-14-8-10-16-25(22)39(33,37)38/h4-16,24H,17-19H2,1-3H3,(H,31,35)/t24-/m1/s1. The molecular weight excluding hydrogens is 538 g/mol. The minimum atomic E-state index is -4.23. The van der Waals surface area contributed by atoms with Crippen LogP contribution in [0.1, 0.15) is 42.3 Å². The summed E-state index contributed by atoms with van der Waals surface area (Å²) in [5.41, 5.74) is 0.796. The molecule has 0 aromatic heterocycles. The zero-order chi connectivity index (χ0) is 28.4. The third-order valence-electron chi connectivity index (χ3n) is 6.26. The minimum absolute atomic E-state index is 0.00858. The molecule has 0 bridgehead atoms. The number of nitrogens with zero attached hydrogens (tertiary/aromatic N) is 2. The second kappa shape index (κ2) is 11.2. The Morgan fingerprint density at radius 3 is 2.21 bits per heavy atom. The fourth-order valence-electron chi connectivity index (χ4n) is 4.42. The first-order valence-electron chi connectivity index (χ1n) is 12.4. The fraction of sp³-hybridized carbons (Fsp3) is 0.276. The van der Waals surface area contributed by atoms with Crippen LogP contribution in [0.5, 0.6) is 0 Å². The first kappa shape index (κ1) is 28.3. The lowest BCUT2D eigenvalue weighted by Gasteiger charge is -2.34. The van der Waals surface area contributed by atoms with Crippen molar-refractivity contribution < 1.29 is 22.8 Å². The molecular formula is C29H30ClN3O5S. The summed E-state index contributed by atoms with van der Waals surface area (Å²) in [6.07, 6.45) is 0.167. The highest BCUT2D eigenvalue weighted by Gasteiger charge is 2.43. The molecule has 4 rings (SSSR count). The smallest absolute Gasteiger partial charge is 0.269 e. The van der Waals surface area contributed by atoms with E-state index in [0.717, 1.165) is 5.56 Å². The number of sulfonamides is 1. The lowest BCUT2D eigenvalue weighted by atomic mass is 10.0. The van der Waals surface area contributed by atoms with Crippen LogP contribution in [-0.4, -0.2) is 53.5 Å². The molecule has 0 aliphatic carbocycles. The molecule has 8 nitrogen and oxygen atoms in total. The molecule has 0 saturated heterocycles. The van der Waals surface area contributed by atoms with Crippen molar-refractivity contribution in [2.75, 3.05) is 6.54 Å². The van der Waals surface area contributed by atoms with Crippen molar-refractivity contribution in [3.63, 3.8) is 0 Å². The van der Waals surface area contributed by atoms with E-state index in [1.807, 2.05) is 51.1 Å². The van der Waals surface area contributed by atoms with Crippen molar-refractivity contribution in [3.8, 4) is 0 Å². The molecule has 204 valence electrons. The van der Waals surface area contributed by atoms with Crippen LogP contribution in [0.25, 0.3) is 0 Å². The van der Waals surface area contributed by atoms with Gasteiger partial charge in [0.2, 0.25) is 11.8 Å². The number of hydrogen-bond acceptors (Lipinski definition) is 5. The Morgan fingerprint density at radius 2 is 1.56 bits per heavy atom. The lowest BCUT2D eigenvalue weighted by molar-refractivity contribution is -0.141. The Balaban J connectivity index is 1.74. The maximum atomic E-state index is 13.9. The predicted molar refractivity (Wildman–Crippen MR) is 148 cm³/mol. The van der Waals surface area contributed by atoms with E-state index in [9.17, 15) is 22.8 Å². The van der Waals surface area contributed by atoms with Gasteiger partial charge in [0.15, 0.2) is 0 Å². The van der Waals surface area contributed by atoms with E-state index in [4.69, 9.17) is 11.6 Å². The van der Waals surface area contributed by atoms with Gasteiger partial charge in [-0.25, -0.2) is 12.7 Å². The zero-order valence-electron chi connectivity index (χ0n) is 21.9. The van der Waals surface area contributed by atoms with Gasteiger partial charge >= 0.3 is 0 Å². The summed E-state index contributed by atoms with van der Waals surface area (Å²) in [5.74, 6) is -1.90. The maximum absolute atomic E-state index is 13.9. The Hall–Kier alpha value is -3.69. The highest BCUT2D eigenvalue weighted by Crippen LogP contribution is 2.30. The molecule has 10 heteroatoms. The van der Waals surface area contributed by atoms with Gasteiger partial charge in [-0.1, -0.05) is 72.3 Å². The number of rotatable bonds is 8. The van der Waals surface area contributed by atoms with Gasteiger partial charge in [-0.3, -0.25) is 14.4 Å². The highest BCUT2D eigenvalue weighted by molar-refractivity contribution is 7.90. The number of hydrogen-bond donors (Lipinski definition) is 1. The summed E-state index contributed by atoms with van der Waals surface area (Å²) < 4.78 is 26.9. The van der Waals surface area contributed by atoms with Crippen LogP contribution in [0, 0.1) is 0 Å². The quantitative estimate of drug-likeness (QED) is 0.442. The number of amides is 3. The second-order valence-electron chi connectivity index (χ2n) is 10.4. The molecule has 0 unspecified atom stereocenters. The van der Waals surface area contributed by atoms with Gasteiger partial charge in [-0.05, 0) is 50.1 Å². The number of carbonyl (C=O) groups excluding carboxylic acids is 3. The normalized spacial score (nSPS) is 15.0. The largest absolute Gasteiger partial charge is 0.350 e. The van der Waals surface area contributed by atoms with Gasteiger partial charge in [0.1, 0.15) is 17.5 Å². The molecule has 39 heavy (non-hydrogen) atoms. The van der Waals surface area contributed by atoms with Crippen LogP contribution in [0.4, 0.5) is 0 Å². The Kier molecular flexibility index (Phi) is 8.13. The summed E-state index contributed by atoms with van der Waals surface area (Å²) in [6.45, 7) is 4.67. The SMILES string of the molecule is CC(C)(C)NC(=O)[C@@H](Cc1ccccc1)N(Cc1ccccc1Cl)C(=O)CN1C(=O)c2ccccc2S1(=O)=O. The minimum Gasteiger partial charge on any atom is -0.350 e. The van der Waals surface area contributed by atoms with Gasteiger partial charge in [0, 0.05) is 23.5 Å². The van der Waals surface area contributed by atoms with Crippen molar-refractivity contribution in [3.05, 3.63) is 101 Å². The highest BCUT2D eigenvalue weighted by atomic mass is 35.5. The van der Waals surface area contributed by atoms with Crippen LogP contribution < -0.4 is 5.32 Å². The molecule has 1 heterocycles. The number of halogens is 1. The number of nitrogens with one attached hydrogen (secondary N) is 1. The molecule has 0 radical (unpaired) electrons. The Morgan fingerprint density at radius 1 is 0.949 bits per heavy atom. The summed E-state index contributed by atoms with van der Waals surface area (Å²) in [5, 5.41) is 3.33. The third-order valence-corrected chi connectivity index (χ3v) is 8.41. The number of fused-ring (bicyclic) bond motifs is 1. The molecule has 1 aliphatic heterocycles. The summed E-state index contributed by atoms with van der Waals surface area (Å²) in [6, 6.07) is 20.9. The van der Waals surface area contributed by atoms with Gasteiger partial charge in [-0.15, -0.1) is 0 Å². The first-order valence-corrected chi connectivity index (χ1v) is 14.3. The van der Waals surface area contributed by atoms with Crippen molar-refractivity contribution in [2.24, 2.45) is 0 Å². The van der Waals surface area contributed by atoms with Crippen LogP contribution >= 0.6 is 11.6 Å².